The Labute approximate surface area is 202 Å². The maximum atomic E-state index is 12.5. The third-order valence-corrected chi connectivity index (χ3v) is 4.11. The Balaban J connectivity index is 0.00000107. The van der Waals surface area contributed by atoms with Gasteiger partial charge in [-0.15, -0.1) is 6.58 Å². The normalized spacial score (nSPS) is 11.1. The van der Waals surface area contributed by atoms with Crippen molar-refractivity contribution in [2.75, 3.05) is 18.7 Å². The predicted molar refractivity (Wildman–Crippen MR) is 142 cm³/mol. The number of carbonyl (C=O) groups is 1. The summed E-state index contributed by atoms with van der Waals surface area (Å²) in [6.45, 7) is 15.8. The first-order valence-electron chi connectivity index (χ1n) is 11.1. The van der Waals surface area contributed by atoms with E-state index >= 15 is 0 Å². The van der Waals surface area contributed by atoms with Gasteiger partial charge in [-0.05, 0) is 56.5 Å². The number of benzene rings is 2. The highest BCUT2D eigenvalue weighted by Gasteiger charge is 2.14. The van der Waals surface area contributed by atoms with Crippen LogP contribution < -0.4 is 25.5 Å². The number of amides is 1. The van der Waals surface area contributed by atoms with E-state index < -0.39 is 0 Å². The van der Waals surface area contributed by atoms with Gasteiger partial charge < -0.3 is 20.1 Å². The number of ether oxygens (including phenoxy) is 2. The zero-order valence-electron chi connectivity index (χ0n) is 20.4. The molecule has 0 bridgehead atoms. The average Bonchev–Trinajstić information content (AvgIpc) is 3.34. The van der Waals surface area contributed by atoms with Gasteiger partial charge in [-0.3, -0.25) is 15.2 Å². The molecular formula is C26H35N5O3. The third kappa shape index (κ3) is 9.20. The Morgan fingerprint density at radius 3 is 2.56 bits per heavy atom. The molecule has 0 atom stereocenters. The van der Waals surface area contributed by atoms with Crippen molar-refractivity contribution in [3.05, 3.63) is 72.5 Å². The lowest BCUT2D eigenvalue weighted by Crippen LogP contribution is -2.22. The van der Waals surface area contributed by atoms with Gasteiger partial charge >= 0.3 is 0 Å². The van der Waals surface area contributed by atoms with Crippen molar-refractivity contribution in [2.45, 2.75) is 34.2 Å². The van der Waals surface area contributed by atoms with Gasteiger partial charge in [0.15, 0.2) is 11.5 Å². The average molecular weight is 466 g/mol. The van der Waals surface area contributed by atoms with Crippen LogP contribution in [0.3, 0.4) is 0 Å². The number of carbonyl (C=O) groups excluding carboxylic acids is 1. The molecule has 8 heteroatoms. The van der Waals surface area contributed by atoms with Gasteiger partial charge in [0, 0.05) is 24.5 Å². The van der Waals surface area contributed by atoms with Crippen molar-refractivity contribution < 1.29 is 14.3 Å². The van der Waals surface area contributed by atoms with Gasteiger partial charge in [0.05, 0.1) is 17.9 Å². The molecule has 2 aromatic carbocycles. The van der Waals surface area contributed by atoms with E-state index in [4.69, 9.17) is 9.47 Å². The summed E-state index contributed by atoms with van der Waals surface area (Å²) < 4.78 is 10.6. The molecule has 0 spiro atoms. The molecule has 1 aliphatic rings. The summed E-state index contributed by atoms with van der Waals surface area (Å²) in [5.74, 6) is 1.21. The summed E-state index contributed by atoms with van der Waals surface area (Å²) in [6, 6.07) is 10.8. The number of allylic oxidation sites excluding steroid dienone is 2. The van der Waals surface area contributed by atoms with Crippen LogP contribution in [-0.2, 0) is 6.54 Å². The largest absolute Gasteiger partial charge is 0.454 e. The van der Waals surface area contributed by atoms with E-state index in [1.165, 1.54) is 0 Å². The smallest absolute Gasteiger partial charge is 0.251 e. The van der Waals surface area contributed by atoms with Gasteiger partial charge in [0.1, 0.15) is 0 Å². The van der Waals surface area contributed by atoms with E-state index in [-0.39, 0.29) is 12.7 Å². The molecule has 0 aliphatic carbocycles. The number of nitrogens with zero attached hydrogens (tertiary/aromatic N) is 2. The molecule has 0 unspecified atom stereocenters. The van der Waals surface area contributed by atoms with Crippen LogP contribution in [0.2, 0.25) is 0 Å². The highest BCUT2D eigenvalue weighted by atomic mass is 16.7. The molecular weight excluding hydrogens is 430 g/mol. The van der Waals surface area contributed by atoms with Gasteiger partial charge in [-0.1, -0.05) is 32.1 Å². The van der Waals surface area contributed by atoms with Crippen molar-refractivity contribution >= 4 is 30.2 Å². The summed E-state index contributed by atoms with van der Waals surface area (Å²) in [4.78, 5) is 16.5. The van der Waals surface area contributed by atoms with Gasteiger partial charge in [0.25, 0.3) is 5.91 Å². The lowest BCUT2D eigenvalue weighted by atomic mass is 10.1. The first kappa shape index (κ1) is 28.0. The van der Waals surface area contributed by atoms with Crippen LogP contribution in [0.4, 0.5) is 11.4 Å². The topological polar surface area (TPSA) is 96.3 Å². The maximum absolute atomic E-state index is 12.5. The fourth-order valence-electron chi connectivity index (χ4n) is 2.66. The fourth-order valence-corrected chi connectivity index (χ4v) is 2.66. The monoisotopic (exact) mass is 465 g/mol. The number of hydrogen-bond acceptors (Lipinski definition) is 7. The minimum Gasteiger partial charge on any atom is -0.454 e. The van der Waals surface area contributed by atoms with Crippen LogP contribution in [0.25, 0.3) is 0 Å². The third-order valence-electron chi connectivity index (χ3n) is 4.11. The minimum atomic E-state index is -0.198. The molecule has 0 saturated carbocycles. The second kappa shape index (κ2) is 16.5. The molecule has 3 rings (SSSR count). The van der Waals surface area contributed by atoms with Crippen LogP contribution in [0.1, 0.15) is 43.6 Å². The summed E-state index contributed by atoms with van der Waals surface area (Å²) in [5.41, 5.74) is 5.55. The lowest BCUT2D eigenvalue weighted by Gasteiger charge is -2.10. The predicted octanol–water partition coefficient (Wildman–Crippen LogP) is 5.42. The van der Waals surface area contributed by atoms with Crippen molar-refractivity contribution in [1.29, 1.82) is 0 Å². The Morgan fingerprint density at radius 1 is 1.12 bits per heavy atom. The summed E-state index contributed by atoms with van der Waals surface area (Å²) in [6.07, 6.45) is 7.02. The number of fused-ring (bicyclic) bond motifs is 1. The molecule has 34 heavy (non-hydrogen) atoms. The van der Waals surface area contributed by atoms with E-state index in [0.717, 1.165) is 11.3 Å². The van der Waals surface area contributed by atoms with Crippen LogP contribution in [0, 0.1) is 0 Å². The van der Waals surface area contributed by atoms with E-state index in [1.807, 2.05) is 52.0 Å². The van der Waals surface area contributed by atoms with Gasteiger partial charge in [-0.2, -0.15) is 5.10 Å². The summed E-state index contributed by atoms with van der Waals surface area (Å²) >= 11 is 0. The molecule has 0 radical (unpaired) electrons. The number of nitrogens with one attached hydrogen (secondary N) is 3. The molecule has 182 valence electrons. The second-order valence-corrected chi connectivity index (χ2v) is 6.49. The first-order valence-corrected chi connectivity index (χ1v) is 11.1. The van der Waals surface area contributed by atoms with E-state index in [1.54, 1.807) is 36.7 Å². The van der Waals surface area contributed by atoms with Crippen LogP contribution in [0.15, 0.2) is 71.4 Å². The van der Waals surface area contributed by atoms with E-state index in [2.05, 4.69) is 39.4 Å². The number of anilines is 1. The Kier molecular flexibility index (Phi) is 13.6. The summed E-state index contributed by atoms with van der Waals surface area (Å²) in [7, 11) is 0. The molecule has 0 fully saturated rings. The maximum Gasteiger partial charge on any atom is 0.251 e. The second-order valence-electron chi connectivity index (χ2n) is 6.49. The van der Waals surface area contributed by atoms with E-state index in [0.29, 0.717) is 35.8 Å². The van der Waals surface area contributed by atoms with Crippen molar-refractivity contribution in [3.63, 3.8) is 0 Å². The summed E-state index contributed by atoms with van der Waals surface area (Å²) in [5, 5.41) is 10.1. The van der Waals surface area contributed by atoms with Crippen LogP contribution in [0.5, 0.6) is 11.5 Å². The molecule has 8 nitrogen and oxygen atoms in total. The Morgan fingerprint density at radius 2 is 1.85 bits per heavy atom. The van der Waals surface area contributed by atoms with E-state index in [9.17, 15) is 4.79 Å². The number of rotatable bonds is 9. The first-order chi connectivity index (χ1) is 16.6. The fraction of sp³-hybridized carbons (Fsp3) is 0.269. The number of hydrogen-bond donors (Lipinski definition) is 3. The molecule has 1 heterocycles. The quantitative estimate of drug-likeness (QED) is 0.261. The van der Waals surface area contributed by atoms with Gasteiger partial charge in [-0.25, -0.2) is 0 Å². The van der Waals surface area contributed by atoms with Crippen molar-refractivity contribution in [3.8, 4) is 11.5 Å². The molecule has 1 amide bonds. The molecule has 2 aromatic rings. The Bertz CT molecular complexity index is 986. The highest BCUT2D eigenvalue weighted by molar-refractivity contribution is 5.96. The van der Waals surface area contributed by atoms with Crippen molar-refractivity contribution in [2.24, 2.45) is 10.1 Å². The van der Waals surface area contributed by atoms with Gasteiger partial charge in [0.2, 0.25) is 6.79 Å². The molecule has 1 aliphatic heterocycles. The minimum absolute atomic E-state index is 0.198. The highest BCUT2D eigenvalue weighted by Crippen LogP contribution is 2.32. The van der Waals surface area contributed by atoms with Crippen molar-refractivity contribution in [1.82, 2.24) is 10.7 Å². The number of hydrazone groups is 1. The zero-order valence-corrected chi connectivity index (χ0v) is 20.4. The molecule has 3 N–H and O–H groups in total. The molecule has 0 saturated heterocycles. The Hall–Kier alpha value is -4.07. The standard InChI is InChI=1S/C21H23N5O3.C3H6.C2H6/c1-3-8-25-26-10-9-23-17-6-5-16(12-18(17)22-2)21(27)24-13-15-4-7-19-20(11-15)29-14-28-19;1-3-2;1-2/h3-8,10-12,23,25H,2,9,13-14H2,1H3,(H,24,27);3H,1H2,2H3;1-2H3/b8-3+,26-10+;;. The SMILES string of the molecule is C=CC.C=Nc1cc(C(=O)NCc2ccc3c(c2)OCO3)ccc1NC/C=N/N/C=C/C.CC. The lowest BCUT2D eigenvalue weighted by molar-refractivity contribution is 0.0951. The zero-order chi connectivity index (χ0) is 25.2. The number of aliphatic imine (C=N–C) groups is 1. The van der Waals surface area contributed by atoms with Crippen LogP contribution in [-0.4, -0.2) is 32.2 Å². The van der Waals surface area contributed by atoms with Crippen LogP contribution >= 0.6 is 0 Å². The molecule has 0 aromatic heterocycles.